The van der Waals surface area contributed by atoms with E-state index in [1.54, 1.807) is 12.4 Å². The fourth-order valence-corrected chi connectivity index (χ4v) is 3.26. The molecule has 5 N–H and O–H groups in total. The molecule has 0 aliphatic carbocycles. The Hall–Kier alpha value is -2.97. The average Bonchev–Trinajstić information content (AvgIpc) is 3.33. The number of hydrogen-bond donors (Lipinski definition) is 4. The molecule has 1 atom stereocenters. The molecule has 0 spiro atoms. The van der Waals surface area contributed by atoms with Gasteiger partial charge in [-0.3, -0.25) is 0 Å². The number of imidazole rings is 1. The number of aliphatic hydroxyl groups excluding tert-OH is 1. The highest BCUT2D eigenvalue weighted by molar-refractivity contribution is 5.69. The van der Waals surface area contributed by atoms with Crippen molar-refractivity contribution in [3.63, 3.8) is 0 Å². The third kappa shape index (κ3) is 3.62. The van der Waals surface area contributed by atoms with Crippen LogP contribution in [0.1, 0.15) is 12.0 Å². The Morgan fingerprint density at radius 2 is 2.07 bits per heavy atom. The Morgan fingerprint density at radius 3 is 2.78 bits per heavy atom. The number of nitrogens with two attached hydrogens (primary N) is 1. The minimum absolute atomic E-state index is 0.323. The highest BCUT2D eigenvalue weighted by atomic mass is 16.3. The van der Waals surface area contributed by atoms with Gasteiger partial charge < -0.3 is 26.0 Å². The van der Waals surface area contributed by atoms with Gasteiger partial charge in [0.05, 0.1) is 24.2 Å². The van der Waals surface area contributed by atoms with E-state index in [0.717, 1.165) is 30.8 Å². The van der Waals surface area contributed by atoms with E-state index in [1.807, 2.05) is 11.9 Å². The molecule has 4 rings (SSSR count). The van der Waals surface area contributed by atoms with Crippen molar-refractivity contribution in [2.75, 3.05) is 30.8 Å². The number of nitrogens with one attached hydrogen (secondary N) is 2. The first-order chi connectivity index (χ1) is 13.1. The summed E-state index contributed by atoms with van der Waals surface area (Å²) >= 11 is 0. The Labute approximate surface area is 157 Å². The number of H-pyrrole nitrogens is 1. The van der Waals surface area contributed by atoms with Crippen LogP contribution in [0.2, 0.25) is 0 Å². The SMILES string of the molecule is CNCc1ccc(-c2cnc(-c3nc(N4CC[C@H](O)C4)cnc3N)[nH]2)cc1. The van der Waals surface area contributed by atoms with Gasteiger partial charge in [-0.15, -0.1) is 0 Å². The van der Waals surface area contributed by atoms with Crippen LogP contribution in [0, 0.1) is 0 Å². The summed E-state index contributed by atoms with van der Waals surface area (Å²) in [6.07, 6.45) is 3.82. The largest absolute Gasteiger partial charge is 0.391 e. The van der Waals surface area contributed by atoms with Crippen LogP contribution in [-0.4, -0.2) is 51.3 Å². The van der Waals surface area contributed by atoms with Crippen molar-refractivity contribution in [1.29, 1.82) is 0 Å². The molecule has 1 fully saturated rings. The van der Waals surface area contributed by atoms with E-state index < -0.39 is 0 Å². The summed E-state index contributed by atoms with van der Waals surface area (Å²) in [6, 6.07) is 8.28. The lowest BCUT2D eigenvalue weighted by atomic mass is 10.1. The van der Waals surface area contributed by atoms with Crippen molar-refractivity contribution in [2.24, 2.45) is 0 Å². The lowest BCUT2D eigenvalue weighted by Crippen LogP contribution is -2.22. The van der Waals surface area contributed by atoms with E-state index in [9.17, 15) is 5.11 Å². The number of aromatic nitrogens is 4. The molecule has 0 bridgehead atoms. The number of hydrogen-bond acceptors (Lipinski definition) is 7. The van der Waals surface area contributed by atoms with Gasteiger partial charge >= 0.3 is 0 Å². The zero-order valence-corrected chi connectivity index (χ0v) is 15.2. The van der Waals surface area contributed by atoms with Crippen LogP contribution in [0.4, 0.5) is 11.6 Å². The number of nitrogens with zero attached hydrogens (tertiary/aromatic N) is 4. The number of benzene rings is 1. The summed E-state index contributed by atoms with van der Waals surface area (Å²) in [5.74, 6) is 1.60. The number of β-amino-alcohol motifs (C(OH)–C–C–N with tert-alkyl or cyclic N) is 1. The Bertz CT molecular complexity index is 922. The lowest BCUT2D eigenvalue weighted by Gasteiger charge is -2.17. The van der Waals surface area contributed by atoms with Crippen LogP contribution in [0.3, 0.4) is 0 Å². The third-order valence-corrected chi connectivity index (χ3v) is 4.72. The molecule has 1 aliphatic heterocycles. The second-order valence-corrected chi connectivity index (χ2v) is 6.72. The van der Waals surface area contributed by atoms with Gasteiger partial charge in [0.1, 0.15) is 5.82 Å². The molecular formula is C19H23N7O. The van der Waals surface area contributed by atoms with Crippen LogP contribution in [-0.2, 0) is 6.54 Å². The van der Waals surface area contributed by atoms with Gasteiger partial charge in [-0.25, -0.2) is 15.0 Å². The molecule has 1 aromatic carbocycles. The van der Waals surface area contributed by atoms with Gasteiger partial charge in [0.2, 0.25) is 0 Å². The van der Waals surface area contributed by atoms with Crippen LogP contribution in [0.5, 0.6) is 0 Å². The van der Waals surface area contributed by atoms with E-state index in [4.69, 9.17) is 5.73 Å². The first-order valence-electron chi connectivity index (χ1n) is 8.99. The van der Waals surface area contributed by atoms with Crippen LogP contribution >= 0.6 is 0 Å². The summed E-state index contributed by atoms with van der Waals surface area (Å²) in [6.45, 7) is 2.14. The van der Waals surface area contributed by atoms with Crippen LogP contribution in [0.25, 0.3) is 22.8 Å². The van der Waals surface area contributed by atoms with Crippen molar-refractivity contribution >= 4 is 11.6 Å². The molecule has 0 amide bonds. The zero-order chi connectivity index (χ0) is 18.8. The van der Waals surface area contributed by atoms with Gasteiger partial charge in [0.25, 0.3) is 0 Å². The average molecular weight is 365 g/mol. The number of rotatable bonds is 5. The number of anilines is 2. The molecule has 0 radical (unpaired) electrons. The van der Waals surface area contributed by atoms with E-state index >= 15 is 0 Å². The topological polar surface area (TPSA) is 116 Å². The zero-order valence-electron chi connectivity index (χ0n) is 15.2. The van der Waals surface area contributed by atoms with Crippen molar-refractivity contribution < 1.29 is 5.11 Å². The molecule has 8 nitrogen and oxygen atoms in total. The summed E-state index contributed by atoms with van der Waals surface area (Å²) < 4.78 is 0. The second kappa shape index (κ2) is 7.34. The first-order valence-corrected chi connectivity index (χ1v) is 8.99. The number of aliphatic hydroxyl groups is 1. The Kier molecular flexibility index (Phi) is 4.74. The lowest BCUT2D eigenvalue weighted by molar-refractivity contribution is 0.198. The van der Waals surface area contributed by atoms with E-state index in [2.05, 4.69) is 49.5 Å². The summed E-state index contributed by atoms with van der Waals surface area (Å²) in [4.78, 5) is 18.6. The van der Waals surface area contributed by atoms with Crippen molar-refractivity contribution in [3.8, 4) is 22.8 Å². The molecule has 27 heavy (non-hydrogen) atoms. The fourth-order valence-electron chi connectivity index (χ4n) is 3.26. The first kappa shape index (κ1) is 17.4. The highest BCUT2D eigenvalue weighted by Crippen LogP contribution is 2.27. The maximum atomic E-state index is 9.75. The fraction of sp³-hybridized carbons (Fsp3) is 0.316. The predicted octanol–water partition coefficient (Wildman–Crippen LogP) is 1.41. The molecule has 0 unspecified atom stereocenters. The van der Waals surface area contributed by atoms with Gasteiger partial charge in [-0.1, -0.05) is 24.3 Å². The van der Waals surface area contributed by atoms with Gasteiger partial charge in [0, 0.05) is 19.6 Å². The van der Waals surface area contributed by atoms with Crippen molar-refractivity contribution in [1.82, 2.24) is 25.3 Å². The van der Waals surface area contributed by atoms with E-state index in [-0.39, 0.29) is 6.10 Å². The normalized spacial score (nSPS) is 16.8. The second-order valence-electron chi connectivity index (χ2n) is 6.72. The molecule has 3 heterocycles. The highest BCUT2D eigenvalue weighted by Gasteiger charge is 2.23. The maximum absolute atomic E-state index is 9.75. The van der Waals surface area contributed by atoms with Gasteiger partial charge in [0.15, 0.2) is 17.3 Å². The van der Waals surface area contributed by atoms with Crippen LogP contribution in [0.15, 0.2) is 36.7 Å². The maximum Gasteiger partial charge on any atom is 0.160 e. The summed E-state index contributed by atoms with van der Waals surface area (Å²) in [7, 11) is 1.93. The molecule has 0 saturated carbocycles. The molecule has 3 aromatic rings. The third-order valence-electron chi connectivity index (χ3n) is 4.72. The minimum Gasteiger partial charge on any atom is -0.391 e. The van der Waals surface area contributed by atoms with Crippen molar-refractivity contribution in [3.05, 3.63) is 42.2 Å². The summed E-state index contributed by atoms with van der Waals surface area (Å²) in [5.41, 5.74) is 9.71. The quantitative estimate of drug-likeness (QED) is 0.540. The van der Waals surface area contributed by atoms with Gasteiger partial charge in [-0.2, -0.15) is 0 Å². The summed E-state index contributed by atoms with van der Waals surface area (Å²) in [5, 5.41) is 12.9. The molecule has 140 valence electrons. The molecule has 8 heteroatoms. The Morgan fingerprint density at radius 1 is 1.26 bits per heavy atom. The standard InChI is InChI=1S/C19H23N7O/c1-21-8-12-2-4-13(5-3-12)15-9-23-19(24-15)17-18(20)22-10-16(25-17)26-7-6-14(27)11-26/h2-5,9-10,14,21,27H,6-8,11H2,1H3,(H2,20,22)(H,23,24)/t14-/m0/s1. The minimum atomic E-state index is -0.325. The number of nitrogen functional groups attached to an aromatic ring is 1. The van der Waals surface area contributed by atoms with Crippen LogP contribution < -0.4 is 16.0 Å². The molecule has 1 aliphatic rings. The molecule has 1 saturated heterocycles. The van der Waals surface area contributed by atoms with Crippen molar-refractivity contribution in [2.45, 2.75) is 19.1 Å². The molecule has 2 aromatic heterocycles. The van der Waals surface area contributed by atoms with Gasteiger partial charge in [-0.05, 0) is 24.6 Å². The Balaban J connectivity index is 1.61. The number of aromatic amines is 1. The molecular weight excluding hydrogens is 342 g/mol. The predicted molar refractivity (Wildman–Crippen MR) is 105 cm³/mol. The monoisotopic (exact) mass is 365 g/mol. The van der Waals surface area contributed by atoms with E-state index in [0.29, 0.717) is 29.7 Å². The smallest absolute Gasteiger partial charge is 0.160 e. The van der Waals surface area contributed by atoms with E-state index in [1.165, 1.54) is 5.56 Å².